The molecule has 1 amide bonds. The summed E-state index contributed by atoms with van der Waals surface area (Å²) < 4.78 is 3.47. The van der Waals surface area contributed by atoms with Crippen molar-refractivity contribution in [1.29, 1.82) is 0 Å². The summed E-state index contributed by atoms with van der Waals surface area (Å²) in [6.45, 7) is 3.05. The van der Waals surface area contributed by atoms with Crippen molar-refractivity contribution in [3.63, 3.8) is 0 Å². The molecular weight excluding hydrogens is 352 g/mol. The Balaban J connectivity index is 1.55. The molecule has 1 N–H and O–H groups in total. The van der Waals surface area contributed by atoms with Crippen LogP contribution in [-0.4, -0.2) is 20.0 Å². The van der Waals surface area contributed by atoms with Crippen LogP contribution in [0.25, 0.3) is 21.9 Å². The predicted octanol–water partition coefficient (Wildman–Crippen LogP) is 3.79. The molecule has 2 aromatic heterocycles. The van der Waals surface area contributed by atoms with Gasteiger partial charge in [-0.05, 0) is 42.8 Å². The van der Waals surface area contributed by atoms with Crippen molar-refractivity contribution in [2.45, 2.75) is 32.9 Å². The lowest BCUT2D eigenvalue weighted by molar-refractivity contribution is -0.116. The van der Waals surface area contributed by atoms with E-state index in [0.29, 0.717) is 13.1 Å². The first-order chi connectivity index (χ1) is 13.7. The smallest absolute Gasteiger partial charge is 0.325 e. The number of imidazole rings is 1. The SMILES string of the molecule is CCCn1c(=O)n(CCC(=O)Nc2cccc3ncccc23)c2ccccc21. The van der Waals surface area contributed by atoms with Crippen LogP contribution in [0.1, 0.15) is 19.8 Å². The molecule has 2 aromatic carbocycles. The Morgan fingerprint density at radius 1 is 0.964 bits per heavy atom. The average Bonchev–Trinajstić information content (AvgIpc) is 2.98. The maximum absolute atomic E-state index is 12.8. The number of carbonyl (C=O) groups excluding carboxylic acids is 1. The lowest BCUT2D eigenvalue weighted by Gasteiger charge is -2.09. The molecule has 0 aliphatic heterocycles. The third-order valence-electron chi connectivity index (χ3n) is 4.85. The molecule has 0 fully saturated rings. The van der Waals surface area contributed by atoms with Gasteiger partial charge in [-0.3, -0.25) is 18.9 Å². The molecule has 0 bridgehead atoms. The molecule has 4 rings (SSSR count). The maximum Gasteiger partial charge on any atom is 0.329 e. The van der Waals surface area contributed by atoms with E-state index in [-0.39, 0.29) is 18.0 Å². The molecule has 0 atom stereocenters. The number of nitrogens with one attached hydrogen (secondary N) is 1. The summed E-state index contributed by atoms with van der Waals surface area (Å²) >= 11 is 0. The Bertz CT molecular complexity index is 1200. The fraction of sp³-hybridized carbons (Fsp3) is 0.227. The summed E-state index contributed by atoms with van der Waals surface area (Å²) in [5.41, 5.74) is 3.28. The van der Waals surface area contributed by atoms with Gasteiger partial charge in [0.1, 0.15) is 0 Å². The number of rotatable bonds is 6. The van der Waals surface area contributed by atoms with E-state index in [1.54, 1.807) is 15.3 Å². The zero-order valence-electron chi connectivity index (χ0n) is 15.8. The molecule has 28 heavy (non-hydrogen) atoms. The number of anilines is 1. The molecule has 6 nitrogen and oxygen atoms in total. The highest BCUT2D eigenvalue weighted by molar-refractivity contribution is 6.00. The van der Waals surface area contributed by atoms with Gasteiger partial charge in [0, 0.05) is 31.1 Å². The van der Waals surface area contributed by atoms with Crippen LogP contribution in [0.2, 0.25) is 0 Å². The second-order valence-electron chi connectivity index (χ2n) is 6.75. The molecule has 0 radical (unpaired) electrons. The fourth-order valence-corrected chi connectivity index (χ4v) is 3.57. The van der Waals surface area contributed by atoms with E-state index in [2.05, 4.69) is 10.3 Å². The van der Waals surface area contributed by atoms with E-state index in [1.165, 1.54) is 0 Å². The first kappa shape index (κ1) is 18.0. The van der Waals surface area contributed by atoms with E-state index in [0.717, 1.165) is 34.0 Å². The van der Waals surface area contributed by atoms with Gasteiger partial charge in [-0.1, -0.05) is 25.1 Å². The Kier molecular flexibility index (Phi) is 4.93. The fourth-order valence-electron chi connectivity index (χ4n) is 3.57. The van der Waals surface area contributed by atoms with Crippen LogP contribution in [0.5, 0.6) is 0 Å². The normalized spacial score (nSPS) is 11.2. The number of benzene rings is 2. The van der Waals surface area contributed by atoms with Gasteiger partial charge < -0.3 is 5.32 Å². The minimum absolute atomic E-state index is 0.0646. The third kappa shape index (κ3) is 3.29. The van der Waals surface area contributed by atoms with Gasteiger partial charge in [-0.2, -0.15) is 0 Å². The van der Waals surface area contributed by atoms with Crippen LogP contribution >= 0.6 is 0 Å². The molecular formula is C22H22N4O2. The number of aryl methyl sites for hydroxylation is 2. The highest BCUT2D eigenvalue weighted by Crippen LogP contribution is 2.21. The van der Waals surface area contributed by atoms with Crippen LogP contribution < -0.4 is 11.0 Å². The highest BCUT2D eigenvalue weighted by Gasteiger charge is 2.14. The summed E-state index contributed by atoms with van der Waals surface area (Å²) in [6, 6.07) is 17.1. The molecule has 142 valence electrons. The van der Waals surface area contributed by atoms with Crippen molar-refractivity contribution in [3.05, 3.63) is 71.3 Å². The van der Waals surface area contributed by atoms with Gasteiger partial charge in [0.15, 0.2) is 0 Å². The second-order valence-corrected chi connectivity index (χ2v) is 6.75. The van der Waals surface area contributed by atoms with Crippen molar-refractivity contribution in [2.24, 2.45) is 0 Å². The lowest BCUT2D eigenvalue weighted by Crippen LogP contribution is -2.26. The summed E-state index contributed by atoms with van der Waals surface area (Å²) in [7, 11) is 0. The number of pyridine rings is 1. The van der Waals surface area contributed by atoms with E-state index >= 15 is 0 Å². The Hall–Kier alpha value is -3.41. The molecule has 6 heteroatoms. The number of fused-ring (bicyclic) bond motifs is 2. The quantitative estimate of drug-likeness (QED) is 0.558. The van der Waals surface area contributed by atoms with Crippen molar-refractivity contribution in [3.8, 4) is 0 Å². The molecule has 0 spiro atoms. The second kappa shape index (κ2) is 7.68. The van der Waals surface area contributed by atoms with Crippen LogP contribution in [0.3, 0.4) is 0 Å². The molecule has 4 aromatic rings. The predicted molar refractivity (Wildman–Crippen MR) is 111 cm³/mol. The van der Waals surface area contributed by atoms with Gasteiger partial charge in [0.05, 0.1) is 22.2 Å². The Labute approximate surface area is 162 Å². The number of hydrogen-bond acceptors (Lipinski definition) is 3. The summed E-state index contributed by atoms with van der Waals surface area (Å²) in [6.07, 6.45) is 2.83. The zero-order chi connectivity index (χ0) is 19.5. The van der Waals surface area contributed by atoms with Crippen LogP contribution in [0, 0.1) is 0 Å². The van der Waals surface area contributed by atoms with Crippen molar-refractivity contribution >= 4 is 33.5 Å². The Morgan fingerprint density at radius 2 is 1.71 bits per heavy atom. The minimum Gasteiger partial charge on any atom is -0.325 e. The lowest BCUT2D eigenvalue weighted by atomic mass is 10.2. The topological polar surface area (TPSA) is 68.9 Å². The molecule has 0 unspecified atom stereocenters. The standard InChI is InChI=1S/C22H22N4O2/c1-2-14-25-19-10-3-4-11-20(19)26(22(25)28)15-12-21(27)24-18-9-5-8-17-16(18)7-6-13-23-17/h3-11,13H,2,12,14-15H2,1H3,(H,24,27). The maximum atomic E-state index is 12.8. The number of carbonyl (C=O) groups is 1. The van der Waals surface area contributed by atoms with Crippen LogP contribution in [-0.2, 0) is 17.9 Å². The first-order valence-electron chi connectivity index (χ1n) is 9.50. The number of para-hydroxylation sites is 2. The number of amides is 1. The monoisotopic (exact) mass is 374 g/mol. The van der Waals surface area contributed by atoms with Crippen LogP contribution in [0.15, 0.2) is 65.6 Å². The van der Waals surface area contributed by atoms with E-state index in [9.17, 15) is 9.59 Å². The summed E-state index contributed by atoms with van der Waals surface area (Å²) in [5, 5.41) is 3.85. The van der Waals surface area contributed by atoms with Crippen LogP contribution in [0.4, 0.5) is 5.69 Å². The van der Waals surface area contributed by atoms with Gasteiger partial charge in [-0.15, -0.1) is 0 Å². The molecule has 0 aliphatic rings. The van der Waals surface area contributed by atoms with Crippen molar-refractivity contribution in [2.75, 3.05) is 5.32 Å². The largest absolute Gasteiger partial charge is 0.329 e. The highest BCUT2D eigenvalue weighted by atomic mass is 16.2. The average molecular weight is 374 g/mol. The van der Waals surface area contributed by atoms with Gasteiger partial charge in [0.25, 0.3) is 0 Å². The third-order valence-corrected chi connectivity index (χ3v) is 4.85. The summed E-state index contributed by atoms with van der Waals surface area (Å²) in [4.78, 5) is 29.7. The Morgan fingerprint density at radius 3 is 2.46 bits per heavy atom. The van der Waals surface area contributed by atoms with Gasteiger partial charge >= 0.3 is 5.69 Å². The summed E-state index contributed by atoms with van der Waals surface area (Å²) in [5.74, 6) is -0.129. The van der Waals surface area contributed by atoms with Crippen molar-refractivity contribution < 1.29 is 4.79 Å². The number of aromatic nitrogens is 3. The van der Waals surface area contributed by atoms with E-state index in [4.69, 9.17) is 0 Å². The molecule has 0 saturated carbocycles. The van der Waals surface area contributed by atoms with Gasteiger partial charge in [-0.25, -0.2) is 4.79 Å². The molecule has 2 heterocycles. The van der Waals surface area contributed by atoms with Gasteiger partial charge in [0.2, 0.25) is 5.91 Å². The van der Waals surface area contributed by atoms with E-state index in [1.807, 2.05) is 61.5 Å². The number of nitrogens with zero attached hydrogens (tertiary/aromatic N) is 3. The minimum atomic E-state index is -0.129. The van der Waals surface area contributed by atoms with E-state index < -0.39 is 0 Å². The molecule has 0 aliphatic carbocycles. The number of hydrogen-bond donors (Lipinski definition) is 1. The molecule has 0 saturated heterocycles. The van der Waals surface area contributed by atoms with Crippen molar-refractivity contribution in [1.82, 2.24) is 14.1 Å². The zero-order valence-corrected chi connectivity index (χ0v) is 15.8. The first-order valence-corrected chi connectivity index (χ1v) is 9.50.